The van der Waals surface area contributed by atoms with Crippen molar-refractivity contribution in [3.8, 4) is 0 Å². The molecule has 1 rings (SSSR count). The van der Waals surface area contributed by atoms with Crippen LogP contribution in [0, 0.1) is 6.92 Å². The van der Waals surface area contributed by atoms with Crippen LogP contribution in [0.2, 0.25) is 0 Å². The normalized spacial score (nSPS) is 10.3. The molecule has 0 bridgehead atoms. The zero-order chi connectivity index (χ0) is 12.1. The number of hydrogen-bond donors (Lipinski definition) is 1. The SMILES string of the molecule is C=C(/N=C/C(=C)c1cccnc1C)C(=O)O. The molecule has 0 radical (unpaired) electrons. The first kappa shape index (κ1) is 11.8. The molecule has 0 aliphatic rings. The van der Waals surface area contributed by atoms with Gasteiger partial charge >= 0.3 is 5.97 Å². The third-order valence-electron chi connectivity index (χ3n) is 1.98. The molecule has 0 unspecified atom stereocenters. The Labute approximate surface area is 93.7 Å². The quantitative estimate of drug-likeness (QED) is 0.619. The second kappa shape index (κ2) is 5.02. The first-order valence-corrected chi connectivity index (χ1v) is 4.59. The third kappa shape index (κ3) is 2.88. The lowest BCUT2D eigenvalue weighted by atomic mass is 10.1. The van der Waals surface area contributed by atoms with Gasteiger partial charge in [0, 0.05) is 23.7 Å². The summed E-state index contributed by atoms with van der Waals surface area (Å²) in [6, 6.07) is 3.63. The van der Waals surface area contributed by atoms with Crippen molar-refractivity contribution in [3.05, 3.63) is 48.4 Å². The summed E-state index contributed by atoms with van der Waals surface area (Å²) in [6.45, 7) is 8.93. The Morgan fingerprint density at radius 3 is 2.81 bits per heavy atom. The standard InChI is InChI=1S/C12H12N2O2/c1-8(7-14-10(3)12(15)16)11-5-4-6-13-9(11)2/h4-7H,1,3H2,2H3,(H,15,16)/b14-7+. The summed E-state index contributed by atoms with van der Waals surface area (Å²) < 4.78 is 0. The van der Waals surface area contributed by atoms with Crippen LogP contribution in [0.25, 0.3) is 5.57 Å². The van der Waals surface area contributed by atoms with Crippen LogP contribution in [-0.4, -0.2) is 22.3 Å². The molecule has 82 valence electrons. The smallest absolute Gasteiger partial charge is 0.353 e. The Kier molecular flexibility index (Phi) is 3.72. The Balaban J connectivity index is 2.85. The summed E-state index contributed by atoms with van der Waals surface area (Å²) in [5.74, 6) is -1.15. The number of hydrogen-bond acceptors (Lipinski definition) is 3. The lowest BCUT2D eigenvalue weighted by molar-refractivity contribution is -0.132. The lowest BCUT2D eigenvalue weighted by Gasteiger charge is -2.02. The van der Waals surface area contributed by atoms with E-state index in [1.54, 1.807) is 12.3 Å². The molecule has 0 aromatic carbocycles. The first-order valence-electron chi connectivity index (χ1n) is 4.59. The average Bonchev–Trinajstić information content (AvgIpc) is 2.25. The van der Waals surface area contributed by atoms with Gasteiger partial charge in [0.15, 0.2) is 0 Å². The van der Waals surface area contributed by atoms with E-state index in [4.69, 9.17) is 5.11 Å². The number of carbonyl (C=O) groups is 1. The first-order chi connectivity index (χ1) is 7.52. The Bertz CT molecular complexity index is 476. The number of pyridine rings is 1. The highest BCUT2D eigenvalue weighted by Crippen LogP contribution is 2.13. The molecule has 0 saturated heterocycles. The molecule has 1 heterocycles. The van der Waals surface area contributed by atoms with Gasteiger partial charge in [0.1, 0.15) is 5.70 Å². The fourth-order valence-corrected chi connectivity index (χ4v) is 1.10. The number of allylic oxidation sites excluding steroid dienone is 1. The van der Waals surface area contributed by atoms with Crippen molar-refractivity contribution in [3.63, 3.8) is 0 Å². The predicted molar refractivity (Wildman–Crippen MR) is 63.3 cm³/mol. The van der Waals surface area contributed by atoms with Crippen LogP contribution in [0.3, 0.4) is 0 Å². The number of aliphatic carboxylic acids is 1. The Morgan fingerprint density at radius 1 is 1.56 bits per heavy atom. The van der Waals surface area contributed by atoms with E-state index in [-0.39, 0.29) is 5.70 Å². The summed E-state index contributed by atoms with van der Waals surface area (Å²) in [4.78, 5) is 18.3. The minimum absolute atomic E-state index is 0.220. The van der Waals surface area contributed by atoms with Gasteiger partial charge in [-0.05, 0) is 18.6 Å². The molecule has 0 spiro atoms. The zero-order valence-electron chi connectivity index (χ0n) is 8.97. The molecule has 0 amide bonds. The van der Waals surface area contributed by atoms with Crippen molar-refractivity contribution in [2.24, 2.45) is 4.99 Å². The van der Waals surface area contributed by atoms with E-state index in [9.17, 15) is 4.79 Å². The molecule has 16 heavy (non-hydrogen) atoms. The zero-order valence-corrected chi connectivity index (χ0v) is 8.97. The van der Waals surface area contributed by atoms with Crippen LogP contribution < -0.4 is 0 Å². The van der Waals surface area contributed by atoms with E-state index in [2.05, 4.69) is 23.1 Å². The van der Waals surface area contributed by atoms with Gasteiger partial charge < -0.3 is 5.11 Å². The summed E-state index contributed by atoms with van der Waals surface area (Å²) in [5.41, 5.74) is 2.04. The molecule has 4 heteroatoms. The highest BCUT2D eigenvalue weighted by Gasteiger charge is 2.03. The summed E-state index contributed by atoms with van der Waals surface area (Å²) in [6.07, 6.45) is 3.06. The summed E-state index contributed by atoms with van der Waals surface area (Å²) >= 11 is 0. The minimum Gasteiger partial charge on any atom is -0.477 e. The number of aryl methyl sites for hydroxylation is 1. The number of rotatable bonds is 4. The second-order valence-electron chi connectivity index (χ2n) is 3.17. The molecule has 1 N–H and O–H groups in total. The predicted octanol–water partition coefficient (Wildman–Crippen LogP) is 2.07. The molecule has 1 aromatic rings. The van der Waals surface area contributed by atoms with Crippen LogP contribution in [0.1, 0.15) is 11.3 Å². The maximum Gasteiger partial charge on any atom is 0.353 e. The maximum atomic E-state index is 10.5. The molecule has 0 fully saturated rings. The van der Waals surface area contributed by atoms with E-state index in [0.717, 1.165) is 11.3 Å². The maximum absolute atomic E-state index is 10.5. The number of aliphatic imine (C=N–C) groups is 1. The van der Waals surface area contributed by atoms with Crippen LogP contribution in [0.5, 0.6) is 0 Å². The van der Waals surface area contributed by atoms with Crippen LogP contribution >= 0.6 is 0 Å². The van der Waals surface area contributed by atoms with Crippen molar-refractivity contribution in [2.45, 2.75) is 6.92 Å². The van der Waals surface area contributed by atoms with Crippen molar-refractivity contribution < 1.29 is 9.90 Å². The van der Waals surface area contributed by atoms with E-state index in [1.165, 1.54) is 6.21 Å². The highest BCUT2D eigenvalue weighted by atomic mass is 16.4. The van der Waals surface area contributed by atoms with Gasteiger partial charge in [0.25, 0.3) is 0 Å². The van der Waals surface area contributed by atoms with Crippen molar-refractivity contribution in [2.75, 3.05) is 0 Å². The Morgan fingerprint density at radius 2 is 2.25 bits per heavy atom. The molecule has 0 saturated carbocycles. The number of carboxylic acid groups (broad SMARTS) is 1. The van der Waals surface area contributed by atoms with Gasteiger partial charge in [-0.25, -0.2) is 9.79 Å². The third-order valence-corrected chi connectivity index (χ3v) is 1.98. The molecule has 0 atom stereocenters. The number of nitrogens with zero attached hydrogens (tertiary/aromatic N) is 2. The topological polar surface area (TPSA) is 62.5 Å². The molecule has 0 aliphatic heterocycles. The van der Waals surface area contributed by atoms with E-state index < -0.39 is 5.97 Å². The van der Waals surface area contributed by atoms with E-state index in [0.29, 0.717) is 5.57 Å². The molecular weight excluding hydrogens is 204 g/mol. The fraction of sp³-hybridized carbons (Fsp3) is 0.0833. The molecule has 0 aliphatic carbocycles. The molecule has 1 aromatic heterocycles. The summed E-state index contributed by atoms with van der Waals surface area (Å²) in [7, 11) is 0. The molecule has 4 nitrogen and oxygen atoms in total. The average molecular weight is 216 g/mol. The van der Waals surface area contributed by atoms with Gasteiger partial charge in [0.2, 0.25) is 0 Å². The largest absolute Gasteiger partial charge is 0.477 e. The number of aromatic nitrogens is 1. The highest BCUT2D eigenvalue weighted by molar-refractivity contribution is 6.10. The summed E-state index contributed by atoms with van der Waals surface area (Å²) in [5, 5.41) is 8.56. The fourth-order valence-electron chi connectivity index (χ4n) is 1.10. The second-order valence-corrected chi connectivity index (χ2v) is 3.17. The van der Waals surface area contributed by atoms with E-state index in [1.807, 2.05) is 13.0 Å². The lowest BCUT2D eigenvalue weighted by Crippen LogP contribution is -1.97. The molecular formula is C12H12N2O2. The van der Waals surface area contributed by atoms with Crippen LogP contribution in [-0.2, 0) is 4.79 Å². The van der Waals surface area contributed by atoms with Gasteiger partial charge in [-0.3, -0.25) is 4.98 Å². The van der Waals surface area contributed by atoms with Crippen LogP contribution in [0.15, 0.2) is 42.2 Å². The van der Waals surface area contributed by atoms with E-state index >= 15 is 0 Å². The van der Waals surface area contributed by atoms with Crippen molar-refractivity contribution in [1.82, 2.24) is 4.98 Å². The minimum atomic E-state index is -1.15. The monoisotopic (exact) mass is 216 g/mol. The van der Waals surface area contributed by atoms with Gasteiger partial charge in [-0.15, -0.1) is 0 Å². The van der Waals surface area contributed by atoms with Crippen molar-refractivity contribution >= 4 is 17.8 Å². The number of carboxylic acids is 1. The van der Waals surface area contributed by atoms with Crippen molar-refractivity contribution in [1.29, 1.82) is 0 Å². The van der Waals surface area contributed by atoms with Gasteiger partial charge in [-0.1, -0.05) is 19.2 Å². The Hall–Kier alpha value is -2.23. The van der Waals surface area contributed by atoms with Gasteiger partial charge in [-0.2, -0.15) is 0 Å². The van der Waals surface area contributed by atoms with Crippen LogP contribution in [0.4, 0.5) is 0 Å². The van der Waals surface area contributed by atoms with Gasteiger partial charge in [0.05, 0.1) is 0 Å².